The van der Waals surface area contributed by atoms with E-state index in [4.69, 9.17) is 16.3 Å². The van der Waals surface area contributed by atoms with Crippen molar-refractivity contribution >= 4 is 41.0 Å². The summed E-state index contributed by atoms with van der Waals surface area (Å²) in [7, 11) is 0. The van der Waals surface area contributed by atoms with Crippen molar-refractivity contribution in [1.29, 1.82) is 0 Å². The van der Waals surface area contributed by atoms with Crippen LogP contribution in [0.5, 0.6) is 0 Å². The molecule has 0 radical (unpaired) electrons. The zero-order chi connectivity index (χ0) is 19.2. The molecular formula is C23H21ClN2OS. The van der Waals surface area contributed by atoms with Gasteiger partial charge in [0.05, 0.1) is 18.9 Å². The van der Waals surface area contributed by atoms with Crippen LogP contribution in [0.25, 0.3) is 0 Å². The highest BCUT2D eigenvalue weighted by Gasteiger charge is 2.10. The lowest BCUT2D eigenvalue weighted by Gasteiger charge is -2.28. The molecule has 4 rings (SSSR count). The maximum absolute atomic E-state index is 5.94. The number of hydrogen-bond donors (Lipinski definition) is 0. The molecule has 1 fully saturated rings. The van der Waals surface area contributed by atoms with Gasteiger partial charge in [-0.15, -0.1) is 0 Å². The number of aliphatic imine (C=N–C) groups is 1. The SMILES string of the molecule is Clc1ccc(Sc2ccc(C=Nc3ccc(N4CCOCC4)cc3)cc2)cc1. The van der Waals surface area contributed by atoms with Crippen molar-refractivity contribution in [2.75, 3.05) is 31.2 Å². The van der Waals surface area contributed by atoms with Crippen LogP contribution in [0, 0.1) is 0 Å². The first-order valence-electron chi connectivity index (χ1n) is 9.27. The van der Waals surface area contributed by atoms with Gasteiger partial charge >= 0.3 is 0 Å². The van der Waals surface area contributed by atoms with E-state index in [9.17, 15) is 0 Å². The zero-order valence-electron chi connectivity index (χ0n) is 15.4. The highest BCUT2D eigenvalue weighted by atomic mass is 35.5. The smallest absolute Gasteiger partial charge is 0.0642 e. The molecule has 142 valence electrons. The number of morpholine rings is 1. The molecule has 3 aromatic rings. The van der Waals surface area contributed by atoms with Crippen LogP contribution in [0.3, 0.4) is 0 Å². The van der Waals surface area contributed by atoms with E-state index in [0.29, 0.717) is 0 Å². The van der Waals surface area contributed by atoms with E-state index < -0.39 is 0 Å². The number of benzene rings is 3. The lowest BCUT2D eigenvalue weighted by molar-refractivity contribution is 0.122. The summed E-state index contributed by atoms with van der Waals surface area (Å²) >= 11 is 7.66. The van der Waals surface area contributed by atoms with Crippen LogP contribution < -0.4 is 4.90 Å². The Kier molecular flexibility index (Phi) is 6.32. The molecule has 0 atom stereocenters. The fourth-order valence-corrected chi connectivity index (χ4v) is 3.92. The van der Waals surface area contributed by atoms with E-state index in [0.717, 1.165) is 42.6 Å². The van der Waals surface area contributed by atoms with Gasteiger partial charge in [-0.3, -0.25) is 4.99 Å². The number of halogens is 1. The number of anilines is 1. The van der Waals surface area contributed by atoms with Gasteiger partial charge in [0.2, 0.25) is 0 Å². The van der Waals surface area contributed by atoms with Crippen LogP contribution in [0.1, 0.15) is 5.56 Å². The van der Waals surface area contributed by atoms with Crippen molar-refractivity contribution in [3.8, 4) is 0 Å². The topological polar surface area (TPSA) is 24.8 Å². The Morgan fingerprint density at radius 1 is 0.821 bits per heavy atom. The average molecular weight is 409 g/mol. The number of ether oxygens (including phenoxy) is 1. The molecule has 1 heterocycles. The third-order valence-electron chi connectivity index (χ3n) is 4.52. The Morgan fingerprint density at radius 3 is 2.07 bits per heavy atom. The first kappa shape index (κ1) is 19.1. The molecule has 3 nitrogen and oxygen atoms in total. The first-order valence-corrected chi connectivity index (χ1v) is 10.5. The third kappa shape index (κ3) is 5.16. The monoisotopic (exact) mass is 408 g/mol. The Balaban J connectivity index is 1.37. The lowest BCUT2D eigenvalue weighted by Crippen LogP contribution is -2.36. The van der Waals surface area contributed by atoms with E-state index in [2.05, 4.69) is 58.4 Å². The molecule has 1 saturated heterocycles. The van der Waals surface area contributed by atoms with Crippen molar-refractivity contribution in [1.82, 2.24) is 0 Å². The summed E-state index contributed by atoms with van der Waals surface area (Å²) in [6.45, 7) is 3.49. The molecule has 1 aliphatic heterocycles. The largest absolute Gasteiger partial charge is 0.378 e. The van der Waals surface area contributed by atoms with E-state index in [1.54, 1.807) is 11.8 Å². The summed E-state index contributed by atoms with van der Waals surface area (Å²) in [5.74, 6) is 0. The van der Waals surface area contributed by atoms with E-state index in [1.165, 1.54) is 15.5 Å². The van der Waals surface area contributed by atoms with E-state index in [1.807, 2.05) is 30.5 Å². The predicted molar refractivity (Wildman–Crippen MR) is 119 cm³/mol. The van der Waals surface area contributed by atoms with Crippen molar-refractivity contribution < 1.29 is 4.74 Å². The van der Waals surface area contributed by atoms with Gasteiger partial charge in [-0.05, 0) is 66.2 Å². The second-order valence-electron chi connectivity index (χ2n) is 6.50. The molecule has 0 aliphatic carbocycles. The quantitative estimate of drug-likeness (QED) is 0.478. The van der Waals surface area contributed by atoms with Gasteiger partial charge in [0.1, 0.15) is 0 Å². The van der Waals surface area contributed by atoms with Gasteiger partial charge in [0.25, 0.3) is 0 Å². The molecule has 3 aromatic carbocycles. The summed E-state index contributed by atoms with van der Waals surface area (Å²) in [5.41, 5.74) is 3.26. The maximum Gasteiger partial charge on any atom is 0.0642 e. The van der Waals surface area contributed by atoms with Gasteiger partial charge in [0, 0.05) is 39.8 Å². The van der Waals surface area contributed by atoms with Crippen LogP contribution >= 0.6 is 23.4 Å². The molecule has 0 unspecified atom stereocenters. The second kappa shape index (κ2) is 9.28. The normalized spacial score (nSPS) is 14.5. The lowest BCUT2D eigenvalue weighted by atomic mass is 10.2. The van der Waals surface area contributed by atoms with Gasteiger partial charge in [0.15, 0.2) is 0 Å². The Labute approximate surface area is 175 Å². The van der Waals surface area contributed by atoms with Gasteiger partial charge in [-0.1, -0.05) is 35.5 Å². The first-order chi connectivity index (χ1) is 13.8. The fourth-order valence-electron chi connectivity index (χ4n) is 2.98. The minimum atomic E-state index is 0.758. The number of rotatable bonds is 5. The summed E-state index contributed by atoms with van der Waals surface area (Å²) in [6, 6.07) is 24.7. The van der Waals surface area contributed by atoms with Crippen molar-refractivity contribution in [2.45, 2.75) is 9.79 Å². The maximum atomic E-state index is 5.94. The van der Waals surface area contributed by atoms with Crippen molar-refractivity contribution in [3.63, 3.8) is 0 Å². The molecule has 0 aromatic heterocycles. The summed E-state index contributed by atoms with van der Waals surface area (Å²) < 4.78 is 5.41. The van der Waals surface area contributed by atoms with Gasteiger partial charge in [-0.2, -0.15) is 0 Å². The predicted octanol–water partition coefficient (Wildman–Crippen LogP) is 6.08. The highest BCUT2D eigenvalue weighted by molar-refractivity contribution is 7.99. The van der Waals surface area contributed by atoms with Crippen molar-refractivity contribution in [3.05, 3.63) is 83.4 Å². The van der Waals surface area contributed by atoms with Gasteiger partial charge < -0.3 is 9.64 Å². The fraction of sp³-hybridized carbons (Fsp3) is 0.174. The van der Waals surface area contributed by atoms with Crippen LogP contribution in [-0.2, 0) is 4.74 Å². The number of nitrogens with zero attached hydrogens (tertiary/aromatic N) is 2. The molecule has 0 saturated carbocycles. The van der Waals surface area contributed by atoms with Crippen LogP contribution in [0.4, 0.5) is 11.4 Å². The van der Waals surface area contributed by atoms with E-state index in [-0.39, 0.29) is 0 Å². The molecule has 5 heteroatoms. The standard InChI is InChI=1S/C23H21ClN2OS/c24-19-3-11-23(12-4-19)28-22-9-1-18(2-10-22)17-25-20-5-7-21(8-6-20)26-13-15-27-16-14-26/h1-12,17H,13-16H2. The van der Waals surface area contributed by atoms with Crippen LogP contribution in [-0.4, -0.2) is 32.5 Å². The van der Waals surface area contributed by atoms with Crippen LogP contribution in [0.2, 0.25) is 5.02 Å². The highest BCUT2D eigenvalue weighted by Crippen LogP contribution is 2.28. The number of hydrogen-bond acceptors (Lipinski definition) is 4. The second-order valence-corrected chi connectivity index (χ2v) is 8.08. The molecule has 28 heavy (non-hydrogen) atoms. The molecular weight excluding hydrogens is 388 g/mol. The Hall–Kier alpha value is -2.27. The Morgan fingerprint density at radius 2 is 1.43 bits per heavy atom. The molecule has 0 bridgehead atoms. The minimum absolute atomic E-state index is 0.758. The van der Waals surface area contributed by atoms with Crippen molar-refractivity contribution in [2.24, 2.45) is 4.99 Å². The molecule has 0 N–H and O–H groups in total. The summed E-state index contributed by atoms with van der Waals surface area (Å²) in [4.78, 5) is 9.30. The summed E-state index contributed by atoms with van der Waals surface area (Å²) in [6.07, 6.45) is 1.90. The average Bonchev–Trinajstić information content (AvgIpc) is 2.76. The minimum Gasteiger partial charge on any atom is -0.378 e. The Bertz CT molecular complexity index is 918. The summed E-state index contributed by atoms with van der Waals surface area (Å²) in [5, 5.41) is 0.758. The molecule has 0 spiro atoms. The zero-order valence-corrected chi connectivity index (χ0v) is 17.0. The van der Waals surface area contributed by atoms with E-state index >= 15 is 0 Å². The third-order valence-corrected chi connectivity index (χ3v) is 5.79. The molecule has 1 aliphatic rings. The van der Waals surface area contributed by atoms with Crippen LogP contribution in [0.15, 0.2) is 87.6 Å². The van der Waals surface area contributed by atoms with Gasteiger partial charge in [-0.25, -0.2) is 0 Å². The molecule has 0 amide bonds.